The van der Waals surface area contributed by atoms with E-state index in [4.69, 9.17) is 4.42 Å². The van der Waals surface area contributed by atoms with Crippen LogP contribution in [-0.2, 0) is 4.79 Å². The lowest BCUT2D eigenvalue weighted by Crippen LogP contribution is -2.54. The molecule has 0 bridgehead atoms. The number of piperidine rings is 1. The molecule has 122 valence electrons. The van der Waals surface area contributed by atoms with Crippen LogP contribution in [0.15, 0.2) is 22.8 Å². The highest BCUT2D eigenvalue weighted by Crippen LogP contribution is 2.11. The van der Waals surface area contributed by atoms with Crippen molar-refractivity contribution in [3.05, 3.63) is 24.2 Å². The van der Waals surface area contributed by atoms with Crippen molar-refractivity contribution in [1.82, 2.24) is 16.0 Å². The standard InChI is InChI=1S/C16H25N3O3/c1-10(2)14(19-15(20)13-5-4-8-22-13)16(21)18-12-6-7-17-11(3)9-12/h4-5,8,10-12,14,17H,6-7,9H2,1-3H3,(H,18,21)(H,19,20). The Bertz CT molecular complexity index is 499. The van der Waals surface area contributed by atoms with E-state index < -0.39 is 6.04 Å². The smallest absolute Gasteiger partial charge is 0.287 e. The van der Waals surface area contributed by atoms with E-state index >= 15 is 0 Å². The number of amides is 2. The molecule has 1 aliphatic heterocycles. The lowest BCUT2D eigenvalue weighted by atomic mass is 9.98. The third kappa shape index (κ3) is 4.34. The summed E-state index contributed by atoms with van der Waals surface area (Å²) in [6.07, 6.45) is 3.26. The second-order valence-electron chi connectivity index (χ2n) is 6.26. The fraction of sp³-hybridized carbons (Fsp3) is 0.625. The Hall–Kier alpha value is -1.82. The van der Waals surface area contributed by atoms with E-state index in [0.29, 0.717) is 6.04 Å². The van der Waals surface area contributed by atoms with Crippen LogP contribution in [0, 0.1) is 5.92 Å². The zero-order valence-electron chi connectivity index (χ0n) is 13.4. The quantitative estimate of drug-likeness (QED) is 0.765. The van der Waals surface area contributed by atoms with Crippen LogP contribution in [0.4, 0.5) is 0 Å². The average Bonchev–Trinajstić information content (AvgIpc) is 2.98. The van der Waals surface area contributed by atoms with Crippen LogP contribution >= 0.6 is 0 Å². The second-order valence-corrected chi connectivity index (χ2v) is 6.26. The average molecular weight is 307 g/mol. The van der Waals surface area contributed by atoms with E-state index in [-0.39, 0.29) is 29.5 Å². The predicted molar refractivity (Wildman–Crippen MR) is 83.4 cm³/mol. The fourth-order valence-electron chi connectivity index (χ4n) is 2.71. The van der Waals surface area contributed by atoms with Crippen molar-refractivity contribution in [2.24, 2.45) is 5.92 Å². The number of carbonyl (C=O) groups excluding carboxylic acids is 2. The van der Waals surface area contributed by atoms with E-state index in [9.17, 15) is 9.59 Å². The molecule has 2 rings (SSSR count). The molecular weight excluding hydrogens is 282 g/mol. The minimum atomic E-state index is -0.567. The van der Waals surface area contributed by atoms with Gasteiger partial charge in [-0.3, -0.25) is 9.59 Å². The van der Waals surface area contributed by atoms with Crippen molar-refractivity contribution in [2.45, 2.75) is 51.7 Å². The molecule has 0 spiro atoms. The SMILES string of the molecule is CC1CC(NC(=O)C(NC(=O)c2ccco2)C(C)C)CCN1. The Balaban J connectivity index is 1.95. The molecule has 0 saturated carbocycles. The van der Waals surface area contributed by atoms with Gasteiger partial charge in [0.25, 0.3) is 5.91 Å². The number of rotatable bonds is 5. The van der Waals surface area contributed by atoms with Gasteiger partial charge in [-0.2, -0.15) is 0 Å². The van der Waals surface area contributed by atoms with Crippen molar-refractivity contribution >= 4 is 11.8 Å². The van der Waals surface area contributed by atoms with Crippen molar-refractivity contribution in [3.63, 3.8) is 0 Å². The molecule has 3 N–H and O–H groups in total. The number of carbonyl (C=O) groups is 2. The van der Waals surface area contributed by atoms with Crippen molar-refractivity contribution in [2.75, 3.05) is 6.54 Å². The highest BCUT2D eigenvalue weighted by Gasteiger charge is 2.28. The van der Waals surface area contributed by atoms with Crippen LogP contribution in [0.1, 0.15) is 44.2 Å². The highest BCUT2D eigenvalue weighted by molar-refractivity contribution is 5.95. The number of nitrogens with one attached hydrogen (secondary N) is 3. The first kappa shape index (κ1) is 16.5. The molecule has 22 heavy (non-hydrogen) atoms. The summed E-state index contributed by atoms with van der Waals surface area (Å²) in [4.78, 5) is 24.6. The first-order valence-corrected chi connectivity index (χ1v) is 7.85. The van der Waals surface area contributed by atoms with Gasteiger partial charge in [-0.05, 0) is 44.4 Å². The molecule has 1 aromatic heterocycles. The second kappa shape index (κ2) is 7.45. The van der Waals surface area contributed by atoms with Crippen molar-refractivity contribution in [1.29, 1.82) is 0 Å². The zero-order chi connectivity index (χ0) is 16.1. The van der Waals surface area contributed by atoms with Crippen LogP contribution in [0.3, 0.4) is 0 Å². The van der Waals surface area contributed by atoms with Gasteiger partial charge in [-0.15, -0.1) is 0 Å². The van der Waals surface area contributed by atoms with Crippen molar-refractivity contribution < 1.29 is 14.0 Å². The number of hydrogen-bond acceptors (Lipinski definition) is 4. The number of furan rings is 1. The summed E-state index contributed by atoms with van der Waals surface area (Å²) in [5.74, 6) is -0.279. The summed E-state index contributed by atoms with van der Waals surface area (Å²) >= 11 is 0. The highest BCUT2D eigenvalue weighted by atomic mass is 16.3. The molecule has 1 saturated heterocycles. The van der Waals surface area contributed by atoms with Crippen LogP contribution < -0.4 is 16.0 Å². The minimum Gasteiger partial charge on any atom is -0.459 e. The predicted octanol–water partition coefficient (Wildman–Crippen LogP) is 1.29. The number of hydrogen-bond donors (Lipinski definition) is 3. The van der Waals surface area contributed by atoms with Crippen LogP contribution in [-0.4, -0.2) is 36.5 Å². The summed E-state index contributed by atoms with van der Waals surface area (Å²) in [5, 5.41) is 9.17. The molecule has 1 aromatic rings. The third-order valence-electron chi connectivity index (χ3n) is 3.95. The van der Waals surface area contributed by atoms with E-state index in [0.717, 1.165) is 19.4 Å². The molecule has 6 nitrogen and oxygen atoms in total. The minimum absolute atomic E-state index is 0.00180. The lowest BCUT2D eigenvalue weighted by molar-refractivity contribution is -0.124. The summed E-state index contributed by atoms with van der Waals surface area (Å²) in [5.41, 5.74) is 0. The van der Waals surface area contributed by atoms with Gasteiger partial charge in [0.15, 0.2) is 5.76 Å². The molecule has 0 radical (unpaired) electrons. The normalized spacial score (nSPS) is 23.1. The first-order valence-electron chi connectivity index (χ1n) is 7.85. The van der Waals surface area contributed by atoms with E-state index in [1.54, 1.807) is 12.1 Å². The Labute approximate surface area is 131 Å². The Morgan fingerprint density at radius 2 is 2.18 bits per heavy atom. The monoisotopic (exact) mass is 307 g/mol. The molecule has 2 heterocycles. The van der Waals surface area contributed by atoms with Crippen LogP contribution in [0.5, 0.6) is 0 Å². The van der Waals surface area contributed by atoms with Gasteiger partial charge in [-0.25, -0.2) is 0 Å². The first-order chi connectivity index (χ1) is 10.5. The summed E-state index contributed by atoms with van der Waals surface area (Å²) < 4.78 is 5.07. The third-order valence-corrected chi connectivity index (χ3v) is 3.95. The molecular formula is C16H25N3O3. The summed E-state index contributed by atoms with van der Waals surface area (Å²) in [6.45, 7) is 6.84. The molecule has 0 aromatic carbocycles. The van der Waals surface area contributed by atoms with Gasteiger partial charge in [0.1, 0.15) is 6.04 Å². The van der Waals surface area contributed by atoms with Crippen LogP contribution in [0.2, 0.25) is 0 Å². The van der Waals surface area contributed by atoms with Gasteiger partial charge >= 0.3 is 0 Å². The maximum atomic E-state index is 12.5. The maximum Gasteiger partial charge on any atom is 0.287 e. The fourth-order valence-corrected chi connectivity index (χ4v) is 2.71. The Kier molecular flexibility index (Phi) is 5.60. The Morgan fingerprint density at radius 1 is 1.41 bits per heavy atom. The van der Waals surface area contributed by atoms with Gasteiger partial charge in [0, 0.05) is 12.1 Å². The maximum absolute atomic E-state index is 12.5. The largest absolute Gasteiger partial charge is 0.459 e. The van der Waals surface area contributed by atoms with Gasteiger partial charge in [-0.1, -0.05) is 13.8 Å². The van der Waals surface area contributed by atoms with Crippen molar-refractivity contribution in [3.8, 4) is 0 Å². The lowest BCUT2D eigenvalue weighted by Gasteiger charge is -2.31. The molecule has 6 heteroatoms. The van der Waals surface area contributed by atoms with Gasteiger partial charge in [0.2, 0.25) is 5.91 Å². The van der Waals surface area contributed by atoms with Gasteiger partial charge in [0.05, 0.1) is 6.26 Å². The molecule has 3 unspecified atom stereocenters. The molecule has 3 atom stereocenters. The Morgan fingerprint density at radius 3 is 2.77 bits per heavy atom. The van der Waals surface area contributed by atoms with Crippen LogP contribution in [0.25, 0.3) is 0 Å². The summed E-state index contributed by atoms with van der Waals surface area (Å²) in [7, 11) is 0. The zero-order valence-corrected chi connectivity index (χ0v) is 13.4. The summed E-state index contributed by atoms with van der Waals surface area (Å²) in [6, 6.07) is 3.22. The topological polar surface area (TPSA) is 83.4 Å². The van der Waals surface area contributed by atoms with Gasteiger partial charge < -0.3 is 20.4 Å². The molecule has 0 aliphatic carbocycles. The van der Waals surface area contributed by atoms with E-state index in [2.05, 4.69) is 22.9 Å². The molecule has 2 amide bonds. The van der Waals surface area contributed by atoms with E-state index in [1.807, 2.05) is 13.8 Å². The van der Waals surface area contributed by atoms with E-state index in [1.165, 1.54) is 6.26 Å². The molecule has 1 aliphatic rings. The molecule has 1 fully saturated rings.